The summed E-state index contributed by atoms with van der Waals surface area (Å²) in [6.45, 7) is 0.278. The molecule has 0 fully saturated rings. The first kappa shape index (κ1) is 15.2. The lowest BCUT2D eigenvalue weighted by Crippen LogP contribution is -2.23. The number of halogens is 1. The van der Waals surface area contributed by atoms with Crippen LogP contribution in [0.25, 0.3) is 0 Å². The molecule has 0 radical (unpaired) electrons. The minimum Gasteiger partial charge on any atom is -0.395 e. The fourth-order valence-electron chi connectivity index (χ4n) is 1.59. The molecule has 1 aromatic heterocycles. The molecule has 0 unspecified atom stereocenters. The monoisotopic (exact) mass is 304 g/mol. The summed E-state index contributed by atoms with van der Waals surface area (Å²) in [5, 5.41) is 11.3. The van der Waals surface area contributed by atoms with Crippen LogP contribution >= 0.6 is 11.3 Å². The zero-order valence-electron chi connectivity index (χ0n) is 11.1. The summed E-state index contributed by atoms with van der Waals surface area (Å²) in [7, 11) is 0. The van der Waals surface area contributed by atoms with E-state index in [-0.39, 0.29) is 12.2 Å². The van der Waals surface area contributed by atoms with Crippen molar-refractivity contribution in [1.82, 2.24) is 10.3 Å². The number of hydrogen-bond acceptors (Lipinski definition) is 4. The summed E-state index contributed by atoms with van der Waals surface area (Å²) in [6, 6.07) is 4.12. The number of carbonyl (C=O) groups excluding carboxylic acids is 1. The molecule has 0 aliphatic rings. The number of carbonyl (C=O) groups is 1. The molecule has 0 spiro atoms. The van der Waals surface area contributed by atoms with E-state index in [0.29, 0.717) is 18.5 Å². The minimum atomic E-state index is -0.593. The van der Waals surface area contributed by atoms with Crippen molar-refractivity contribution in [1.29, 1.82) is 0 Å². The number of nitrogens with one attached hydrogen (secondary N) is 1. The molecule has 0 atom stereocenters. The van der Waals surface area contributed by atoms with Gasteiger partial charge in [0.2, 0.25) is 0 Å². The van der Waals surface area contributed by atoms with Gasteiger partial charge in [0.25, 0.3) is 5.91 Å². The van der Waals surface area contributed by atoms with Gasteiger partial charge in [0.15, 0.2) is 0 Å². The Morgan fingerprint density at radius 3 is 3.05 bits per heavy atom. The van der Waals surface area contributed by atoms with Crippen molar-refractivity contribution in [3.8, 4) is 11.8 Å². The van der Waals surface area contributed by atoms with Gasteiger partial charge in [-0.05, 0) is 18.2 Å². The smallest absolute Gasteiger partial charge is 0.254 e. The molecule has 0 aliphatic heterocycles. The molecule has 0 bridgehead atoms. The molecule has 108 valence electrons. The molecule has 4 nitrogen and oxygen atoms in total. The molecule has 2 rings (SSSR count). The molecule has 1 amide bonds. The normalized spacial score (nSPS) is 9.81. The average Bonchev–Trinajstić information content (AvgIpc) is 3.00. The number of thiazole rings is 1. The van der Waals surface area contributed by atoms with Crippen molar-refractivity contribution < 1.29 is 14.3 Å². The van der Waals surface area contributed by atoms with Crippen molar-refractivity contribution in [3.63, 3.8) is 0 Å². The van der Waals surface area contributed by atoms with E-state index >= 15 is 0 Å². The summed E-state index contributed by atoms with van der Waals surface area (Å²) < 4.78 is 13.7. The first-order valence-electron chi connectivity index (χ1n) is 6.25. The molecule has 0 aliphatic carbocycles. The van der Waals surface area contributed by atoms with Gasteiger partial charge in [-0.3, -0.25) is 9.78 Å². The van der Waals surface area contributed by atoms with Crippen molar-refractivity contribution in [2.75, 3.05) is 6.61 Å². The number of aliphatic hydroxyl groups excluding tert-OH is 1. The second-order valence-corrected chi connectivity index (χ2v) is 5.09. The van der Waals surface area contributed by atoms with Gasteiger partial charge in [0.1, 0.15) is 5.82 Å². The molecule has 6 heteroatoms. The molecule has 1 aromatic carbocycles. The van der Waals surface area contributed by atoms with Crippen LogP contribution in [0.3, 0.4) is 0 Å². The second-order valence-electron chi connectivity index (χ2n) is 4.12. The summed E-state index contributed by atoms with van der Waals surface area (Å²) in [6.07, 6.45) is 1.99. The number of hydrogen-bond donors (Lipinski definition) is 2. The van der Waals surface area contributed by atoms with Gasteiger partial charge >= 0.3 is 0 Å². The van der Waals surface area contributed by atoms with E-state index in [1.54, 1.807) is 11.7 Å². The van der Waals surface area contributed by atoms with Gasteiger partial charge < -0.3 is 10.4 Å². The van der Waals surface area contributed by atoms with Crippen LogP contribution in [0.2, 0.25) is 0 Å². The van der Waals surface area contributed by atoms with Gasteiger partial charge in [-0.15, -0.1) is 11.3 Å². The Kier molecular flexibility index (Phi) is 5.43. The highest BCUT2D eigenvalue weighted by Crippen LogP contribution is 2.11. The Morgan fingerprint density at radius 2 is 2.33 bits per heavy atom. The quantitative estimate of drug-likeness (QED) is 0.849. The van der Waals surface area contributed by atoms with Crippen LogP contribution in [0.1, 0.15) is 27.2 Å². The summed E-state index contributed by atoms with van der Waals surface area (Å²) in [4.78, 5) is 16.8. The fourth-order valence-corrected chi connectivity index (χ4v) is 2.12. The van der Waals surface area contributed by atoms with Crippen molar-refractivity contribution >= 4 is 17.2 Å². The van der Waals surface area contributed by atoms with Crippen LogP contribution in [-0.2, 0) is 6.54 Å². The van der Waals surface area contributed by atoms with E-state index in [2.05, 4.69) is 22.1 Å². The summed E-state index contributed by atoms with van der Waals surface area (Å²) >= 11 is 1.42. The van der Waals surface area contributed by atoms with Gasteiger partial charge in [-0.1, -0.05) is 11.8 Å². The Balaban J connectivity index is 2.09. The number of rotatable bonds is 4. The minimum absolute atomic E-state index is 0.0314. The summed E-state index contributed by atoms with van der Waals surface area (Å²) in [5.74, 6) is 4.42. The van der Waals surface area contributed by atoms with Crippen molar-refractivity contribution in [2.24, 2.45) is 0 Å². The Morgan fingerprint density at radius 1 is 1.48 bits per heavy atom. The fraction of sp³-hybridized carbons (Fsp3) is 0.200. The van der Waals surface area contributed by atoms with Crippen LogP contribution in [0.4, 0.5) is 4.39 Å². The number of benzene rings is 1. The van der Waals surface area contributed by atoms with E-state index < -0.39 is 11.7 Å². The number of aliphatic hydroxyl groups is 1. The highest BCUT2D eigenvalue weighted by Gasteiger charge is 2.12. The molecule has 1 heterocycles. The van der Waals surface area contributed by atoms with E-state index in [1.807, 2.05) is 0 Å². The van der Waals surface area contributed by atoms with Crippen LogP contribution < -0.4 is 5.32 Å². The molecule has 21 heavy (non-hydrogen) atoms. The maximum atomic E-state index is 13.7. The maximum absolute atomic E-state index is 13.7. The van der Waals surface area contributed by atoms with E-state index in [4.69, 9.17) is 5.11 Å². The van der Waals surface area contributed by atoms with E-state index in [0.717, 1.165) is 4.88 Å². The molecular weight excluding hydrogens is 291 g/mol. The highest BCUT2D eigenvalue weighted by atomic mass is 32.1. The second kappa shape index (κ2) is 7.53. The first-order valence-corrected chi connectivity index (χ1v) is 7.13. The maximum Gasteiger partial charge on any atom is 0.254 e. The standard InChI is InChI=1S/C15H13FN2O2S/c16-14-5-4-11(3-1-2-6-19)7-13(14)15(20)18-9-12-8-17-10-21-12/h4-5,7-8,10,19H,2,6,9H2,(H,18,20). The predicted octanol–water partition coefficient (Wildman–Crippen LogP) is 1.95. The number of aromatic nitrogens is 1. The van der Waals surface area contributed by atoms with Crippen molar-refractivity contribution in [2.45, 2.75) is 13.0 Å². The van der Waals surface area contributed by atoms with Crippen LogP contribution in [0.15, 0.2) is 29.9 Å². The topological polar surface area (TPSA) is 62.2 Å². The first-order chi connectivity index (χ1) is 10.2. The molecule has 2 N–H and O–H groups in total. The zero-order chi connectivity index (χ0) is 15.1. The third kappa shape index (κ3) is 4.38. The summed E-state index contributed by atoms with van der Waals surface area (Å²) in [5.41, 5.74) is 2.16. The SMILES string of the molecule is O=C(NCc1cncs1)c1cc(C#CCCO)ccc1F. The third-order valence-corrected chi connectivity index (χ3v) is 3.37. The van der Waals surface area contributed by atoms with Crippen LogP contribution in [0, 0.1) is 17.7 Å². The van der Waals surface area contributed by atoms with Gasteiger partial charge in [-0.25, -0.2) is 4.39 Å². The molecular formula is C15H13FN2O2S. The predicted molar refractivity (Wildman–Crippen MR) is 78.3 cm³/mol. The Bertz CT molecular complexity index is 675. The van der Waals surface area contributed by atoms with E-state index in [9.17, 15) is 9.18 Å². The molecule has 0 saturated carbocycles. The third-order valence-electron chi connectivity index (χ3n) is 2.59. The van der Waals surface area contributed by atoms with Gasteiger partial charge in [0, 0.05) is 23.1 Å². The Labute approximate surface area is 125 Å². The van der Waals surface area contributed by atoms with Crippen molar-refractivity contribution in [3.05, 3.63) is 51.7 Å². The average molecular weight is 304 g/mol. The number of amides is 1. The van der Waals surface area contributed by atoms with Gasteiger partial charge in [-0.2, -0.15) is 0 Å². The van der Waals surface area contributed by atoms with Crippen LogP contribution in [-0.4, -0.2) is 22.6 Å². The van der Waals surface area contributed by atoms with E-state index in [1.165, 1.54) is 29.5 Å². The Hall–Kier alpha value is -2.23. The van der Waals surface area contributed by atoms with Crippen LogP contribution in [0.5, 0.6) is 0 Å². The lowest BCUT2D eigenvalue weighted by atomic mass is 10.1. The largest absolute Gasteiger partial charge is 0.395 e. The zero-order valence-corrected chi connectivity index (χ0v) is 11.9. The lowest BCUT2D eigenvalue weighted by molar-refractivity contribution is 0.0947. The highest BCUT2D eigenvalue weighted by molar-refractivity contribution is 7.09. The van der Waals surface area contributed by atoms with Gasteiger partial charge in [0.05, 0.1) is 24.2 Å². The molecule has 2 aromatic rings. The number of nitrogens with zero attached hydrogens (tertiary/aromatic N) is 1. The lowest BCUT2D eigenvalue weighted by Gasteiger charge is -2.05. The molecule has 0 saturated heterocycles.